The lowest BCUT2D eigenvalue weighted by atomic mass is 9.95. The number of carboxylic acids is 1. The summed E-state index contributed by atoms with van der Waals surface area (Å²) in [6.07, 6.45) is 0. The highest BCUT2D eigenvalue weighted by atomic mass is 32.1. The number of hydrogen-bond donors (Lipinski definition) is 1. The molecule has 0 saturated heterocycles. The SMILES string of the molecule is CC(C)(C)c1ccc([C@@H]([NH3+])C(=O)[O-])s1. The van der Waals surface area contributed by atoms with Crippen LogP contribution in [-0.4, -0.2) is 5.97 Å². The molecule has 0 amide bonds. The average molecular weight is 213 g/mol. The Kier molecular flexibility index (Phi) is 2.97. The number of quaternary nitrogens is 1. The number of hydrogen-bond acceptors (Lipinski definition) is 3. The first-order valence-corrected chi connectivity index (χ1v) is 5.28. The Hall–Kier alpha value is -0.870. The largest absolute Gasteiger partial charge is 0.544 e. The van der Waals surface area contributed by atoms with Crippen molar-refractivity contribution in [3.05, 3.63) is 21.9 Å². The summed E-state index contributed by atoms with van der Waals surface area (Å²) in [5.41, 5.74) is 3.62. The van der Waals surface area contributed by atoms with Crippen LogP contribution < -0.4 is 10.8 Å². The number of carbonyl (C=O) groups excluding carboxylic acids is 1. The van der Waals surface area contributed by atoms with Crippen LogP contribution >= 0.6 is 11.3 Å². The van der Waals surface area contributed by atoms with Crippen molar-refractivity contribution in [2.45, 2.75) is 32.2 Å². The molecule has 0 bridgehead atoms. The van der Waals surface area contributed by atoms with Gasteiger partial charge < -0.3 is 15.6 Å². The van der Waals surface area contributed by atoms with Crippen LogP contribution in [0.1, 0.15) is 36.6 Å². The molecule has 1 rings (SSSR count). The van der Waals surface area contributed by atoms with E-state index < -0.39 is 12.0 Å². The van der Waals surface area contributed by atoms with Gasteiger partial charge in [0, 0.05) is 4.88 Å². The normalized spacial score (nSPS) is 14.0. The van der Waals surface area contributed by atoms with E-state index in [0.29, 0.717) is 0 Å². The maximum absolute atomic E-state index is 10.6. The van der Waals surface area contributed by atoms with Crippen LogP contribution in [0.5, 0.6) is 0 Å². The fourth-order valence-electron chi connectivity index (χ4n) is 1.06. The summed E-state index contributed by atoms with van der Waals surface area (Å²) < 4.78 is 0. The smallest absolute Gasteiger partial charge is 0.159 e. The first kappa shape index (κ1) is 11.2. The van der Waals surface area contributed by atoms with Crippen molar-refractivity contribution < 1.29 is 15.6 Å². The van der Waals surface area contributed by atoms with Gasteiger partial charge in [-0.2, -0.15) is 0 Å². The highest BCUT2D eigenvalue weighted by molar-refractivity contribution is 7.12. The monoisotopic (exact) mass is 213 g/mol. The molecule has 0 aliphatic rings. The lowest BCUT2D eigenvalue weighted by molar-refractivity contribution is -0.442. The average Bonchev–Trinajstić information content (AvgIpc) is 2.49. The molecular formula is C10H15NO2S. The Morgan fingerprint density at radius 2 is 2.07 bits per heavy atom. The van der Waals surface area contributed by atoms with Crippen molar-refractivity contribution in [2.24, 2.45) is 0 Å². The molecule has 1 heterocycles. The third-order valence-corrected chi connectivity index (χ3v) is 3.62. The Bertz CT molecular complexity index is 338. The van der Waals surface area contributed by atoms with Crippen molar-refractivity contribution in [3.8, 4) is 0 Å². The van der Waals surface area contributed by atoms with Gasteiger partial charge in [0.1, 0.15) is 5.97 Å². The van der Waals surface area contributed by atoms with Crippen LogP contribution in [-0.2, 0) is 10.2 Å². The Balaban J connectivity index is 2.94. The van der Waals surface area contributed by atoms with E-state index in [-0.39, 0.29) is 5.41 Å². The van der Waals surface area contributed by atoms with Crippen LogP contribution in [0.15, 0.2) is 12.1 Å². The summed E-state index contributed by atoms with van der Waals surface area (Å²) in [7, 11) is 0. The lowest BCUT2D eigenvalue weighted by Gasteiger charge is -2.15. The molecule has 78 valence electrons. The van der Waals surface area contributed by atoms with Crippen molar-refractivity contribution in [1.82, 2.24) is 0 Å². The molecule has 3 nitrogen and oxygen atoms in total. The summed E-state index contributed by atoms with van der Waals surface area (Å²) in [5.74, 6) is -1.12. The van der Waals surface area contributed by atoms with E-state index in [1.165, 1.54) is 16.2 Å². The summed E-state index contributed by atoms with van der Waals surface area (Å²) in [4.78, 5) is 12.5. The zero-order valence-electron chi connectivity index (χ0n) is 8.66. The zero-order chi connectivity index (χ0) is 10.9. The Morgan fingerprint density at radius 1 is 1.50 bits per heavy atom. The molecule has 0 unspecified atom stereocenters. The minimum atomic E-state index is -1.12. The van der Waals surface area contributed by atoms with Crippen LogP contribution in [0, 0.1) is 0 Å². The van der Waals surface area contributed by atoms with E-state index >= 15 is 0 Å². The molecule has 0 saturated carbocycles. The maximum Gasteiger partial charge on any atom is 0.159 e. The molecule has 0 aromatic carbocycles. The molecule has 0 aliphatic heterocycles. The van der Waals surface area contributed by atoms with Gasteiger partial charge in [0.2, 0.25) is 0 Å². The van der Waals surface area contributed by atoms with Gasteiger partial charge in [0.15, 0.2) is 6.04 Å². The highest BCUT2D eigenvalue weighted by Gasteiger charge is 2.19. The maximum atomic E-state index is 10.6. The van der Waals surface area contributed by atoms with E-state index in [1.807, 2.05) is 12.1 Å². The second-order valence-corrected chi connectivity index (χ2v) is 5.44. The molecule has 1 aromatic rings. The number of aliphatic carboxylic acids is 1. The van der Waals surface area contributed by atoms with Crippen molar-refractivity contribution in [2.75, 3.05) is 0 Å². The molecule has 3 N–H and O–H groups in total. The van der Waals surface area contributed by atoms with Crippen LogP contribution in [0.25, 0.3) is 0 Å². The third kappa shape index (κ3) is 2.33. The van der Waals surface area contributed by atoms with Gasteiger partial charge in [-0.3, -0.25) is 0 Å². The fourth-order valence-corrected chi connectivity index (χ4v) is 2.13. The highest BCUT2D eigenvalue weighted by Crippen LogP contribution is 2.31. The third-order valence-electron chi connectivity index (χ3n) is 1.99. The second-order valence-electron chi connectivity index (χ2n) is 4.32. The molecule has 14 heavy (non-hydrogen) atoms. The number of rotatable bonds is 2. The summed E-state index contributed by atoms with van der Waals surface area (Å²) in [6.45, 7) is 6.29. The van der Waals surface area contributed by atoms with Crippen LogP contribution in [0.3, 0.4) is 0 Å². The van der Waals surface area contributed by atoms with Crippen LogP contribution in [0.4, 0.5) is 0 Å². The predicted molar refractivity (Wildman–Crippen MR) is 53.7 cm³/mol. The molecule has 4 heteroatoms. The minimum Gasteiger partial charge on any atom is -0.544 e. The van der Waals surface area contributed by atoms with E-state index in [0.717, 1.165) is 4.88 Å². The number of carbonyl (C=O) groups is 1. The van der Waals surface area contributed by atoms with Gasteiger partial charge in [0.25, 0.3) is 0 Å². The first-order valence-electron chi connectivity index (χ1n) is 4.46. The molecule has 1 aromatic heterocycles. The molecule has 0 aliphatic carbocycles. The molecular weight excluding hydrogens is 198 g/mol. The van der Waals surface area contributed by atoms with Gasteiger partial charge >= 0.3 is 0 Å². The predicted octanol–water partition coefficient (Wildman–Crippen LogP) is 0.0785. The standard InChI is InChI=1S/C10H15NO2S/c1-10(2,3)7-5-4-6(14-7)8(11)9(12)13/h4-5,8H,11H2,1-3H3,(H,12,13)/t8-/m1/s1. The topological polar surface area (TPSA) is 67.8 Å². The quantitative estimate of drug-likeness (QED) is 0.756. The van der Waals surface area contributed by atoms with Crippen molar-refractivity contribution in [3.63, 3.8) is 0 Å². The Morgan fingerprint density at radius 3 is 2.43 bits per heavy atom. The van der Waals surface area contributed by atoms with Gasteiger partial charge in [-0.25, -0.2) is 0 Å². The summed E-state index contributed by atoms with van der Waals surface area (Å²) in [5, 5.41) is 10.6. The second kappa shape index (κ2) is 3.71. The zero-order valence-corrected chi connectivity index (χ0v) is 9.48. The van der Waals surface area contributed by atoms with Gasteiger partial charge in [-0.15, -0.1) is 11.3 Å². The number of thiophene rings is 1. The molecule has 0 spiro atoms. The van der Waals surface area contributed by atoms with E-state index in [1.54, 1.807) is 0 Å². The van der Waals surface area contributed by atoms with Crippen LogP contribution in [0.2, 0.25) is 0 Å². The molecule has 0 fully saturated rings. The lowest BCUT2D eigenvalue weighted by Crippen LogP contribution is -2.60. The summed E-state index contributed by atoms with van der Waals surface area (Å²) in [6, 6.07) is 3.02. The van der Waals surface area contributed by atoms with E-state index in [9.17, 15) is 9.90 Å². The Labute approximate surface area is 87.6 Å². The van der Waals surface area contributed by atoms with E-state index in [2.05, 4.69) is 26.5 Å². The first-order chi connectivity index (χ1) is 6.32. The fraction of sp³-hybridized carbons (Fsp3) is 0.500. The van der Waals surface area contributed by atoms with Crippen molar-refractivity contribution >= 4 is 17.3 Å². The van der Waals surface area contributed by atoms with Gasteiger partial charge in [-0.1, -0.05) is 20.8 Å². The van der Waals surface area contributed by atoms with Gasteiger partial charge in [-0.05, 0) is 17.5 Å². The van der Waals surface area contributed by atoms with Crippen molar-refractivity contribution in [1.29, 1.82) is 0 Å². The molecule has 1 atom stereocenters. The summed E-state index contributed by atoms with van der Waals surface area (Å²) >= 11 is 1.49. The van der Waals surface area contributed by atoms with Gasteiger partial charge in [0.05, 0.1) is 4.88 Å². The minimum absolute atomic E-state index is 0.0641. The number of carboxylic acid groups (broad SMARTS) is 1. The molecule has 0 radical (unpaired) electrons. The van der Waals surface area contributed by atoms with E-state index in [4.69, 9.17) is 0 Å².